The summed E-state index contributed by atoms with van der Waals surface area (Å²) in [5, 5.41) is 9.07. The molecule has 0 atom stereocenters. The number of thioether (sulfide) groups is 1. The first-order chi connectivity index (χ1) is 18.2. The standard InChI is InChI=1S/C26H20AsF6O5S/c1-37-21-7-5-15(10-23(34)35)9-22(21)38-20-8-6-19(12-17(20)13-39-14-25(28,29)30)27-24(36)16-3-2-4-18(11-16)26(31,32)33/h2-9,11-12H,10,13-14H2,1H3,(H,34,35). The summed E-state index contributed by atoms with van der Waals surface area (Å²) >= 11 is -0.749. The second-order valence-electron chi connectivity index (χ2n) is 8.05. The van der Waals surface area contributed by atoms with E-state index in [1.807, 2.05) is 0 Å². The van der Waals surface area contributed by atoms with Crippen LogP contribution >= 0.6 is 11.8 Å². The quantitative estimate of drug-likeness (QED) is 0.203. The zero-order valence-corrected chi connectivity index (χ0v) is 22.8. The van der Waals surface area contributed by atoms with Gasteiger partial charge in [0.2, 0.25) is 0 Å². The Balaban J connectivity index is 1.91. The van der Waals surface area contributed by atoms with Gasteiger partial charge in [-0.2, -0.15) is 0 Å². The normalized spacial score (nSPS) is 12.1. The molecule has 0 heterocycles. The van der Waals surface area contributed by atoms with Crippen molar-refractivity contribution in [3.05, 3.63) is 82.9 Å². The summed E-state index contributed by atoms with van der Waals surface area (Å²) in [5.74, 6) is -1.79. The van der Waals surface area contributed by atoms with Gasteiger partial charge in [0.15, 0.2) is 0 Å². The molecule has 3 aromatic carbocycles. The minimum absolute atomic E-state index is 0.113. The van der Waals surface area contributed by atoms with Gasteiger partial charge >= 0.3 is 230 Å². The first-order valence-electron chi connectivity index (χ1n) is 11.0. The number of halogens is 6. The molecule has 0 aliphatic carbocycles. The molecule has 1 N–H and O–H groups in total. The first kappa shape index (κ1) is 30.4. The number of carboxylic acid groups (broad SMARTS) is 1. The third-order valence-electron chi connectivity index (χ3n) is 5.04. The van der Waals surface area contributed by atoms with Crippen LogP contribution in [0.5, 0.6) is 17.2 Å². The topological polar surface area (TPSA) is 72.8 Å². The fourth-order valence-corrected chi connectivity index (χ4v) is 5.95. The van der Waals surface area contributed by atoms with E-state index in [1.165, 1.54) is 49.6 Å². The Morgan fingerprint density at radius 3 is 2.28 bits per heavy atom. The van der Waals surface area contributed by atoms with Gasteiger partial charge < -0.3 is 0 Å². The summed E-state index contributed by atoms with van der Waals surface area (Å²) in [7, 11) is 1.37. The molecule has 5 nitrogen and oxygen atoms in total. The molecule has 0 saturated heterocycles. The zero-order valence-electron chi connectivity index (χ0n) is 20.1. The number of hydrogen-bond donors (Lipinski definition) is 1. The monoisotopic (exact) mass is 633 g/mol. The van der Waals surface area contributed by atoms with Gasteiger partial charge in [0, 0.05) is 0 Å². The van der Waals surface area contributed by atoms with Crippen LogP contribution in [0.15, 0.2) is 60.7 Å². The molecule has 0 spiro atoms. The maximum atomic E-state index is 13.0. The molecule has 13 heteroatoms. The Bertz CT molecular complexity index is 1340. The molecule has 3 rings (SSSR count). The van der Waals surface area contributed by atoms with Crippen LogP contribution in [-0.2, 0) is 23.1 Å². The number of carbonyl (C=O) groups is 2. The van der Waals surface area contributed by atoms with Crippen LogP contribution in [0.3, 0.4) is 0 Å². The number of methoxy groups -OCH3 is 1. The molecule has 207 valence electrons. The Labute approximate surface area is 230 Å². The number of hydrogen-bond acceptors (Lipinski definition) is 5. The predicted molar refractivity (Wildman–Crippen MR) is 134 cm³/mol. The number of carbonyl (C=O) groups excluding carboxylic acids is 1. The number of benzene rings is 3. The van der Waals surface area contributed by atoms with Crippen LogP contribution in [0.4, 0.5) is 26.3 Å². The van der Waals surface area contributed by atoms with Gasteiger partial charge in [-0.15, -0.1) is 0 Å². The van der Waals surface area contributed by atoms with E-state index in [0.717, 1.165) is 18.2 Å². The van der Waals surface area contributed by atoms with Crippen molar-refractivity contribution in [3.63, 3.8) is 0 Å². The fourth-order valence-electron chi connectivity index (χ4n) is 3.34. The molecule has 39 heavy (non-hydrogen) atoms. The van der Waals surface area contributed by atoms with Crippen LogP contribution in [0, 0.1) is 0 Å². The van der Waals surface area contributed by atoms with Crippen LogP contribution in [-0.4, -0.2) is 50.4 Å². The molecular weight excluding hydrogens is 613 g/mol. The molecule has 0 aromatic heterocycles. The SMILES string of the molecule is COc1ccc(CC(=O)O)cc1Oc1ccc([As]C(=O)c2cccc(C(F)(F)F)c2)cc1CSCC(F)(F)F. The number of rotatable bonds is 11. The molecule has 1 radical (unpaired) electrons. The Morgan fingerprint density at radius 2 is 1.64 bits per heavy atom. The molecule has 0 fully saturated rings. The number of aliphatic carboxylic acids is 1. The molecule has 0 bridgehead atoms. The van der Waals surface area contributed by atoms with E-state index in [0.29, 0.717) is 27.2 Å². The average Bonchev–Trinajstić information content (AvgIpc) is 2.84. The van der Waals surface area contributed by atoms with Crippen molar-refractivity contribution in [2.45, 2.75) is 24.5 Å². The summed E-state index contributed by atoms with van der Waals surface area (Å²) in [6.07, 6.45) is -9.32. The van der Waals surface area contributed by atoms with E-state index >= 15 is 0 Å². The second kappa shape index (κ2) is 12.8. The van der Waals surface area contributed by atoms with Crippen molar-refractivity contribution in [1.29, 1.82) is 0 Å². The van der Waals surface area contributed by atoms with Crippen molar-refractivity contribution in [3.8, 4) is 17.2 Å². The Morgan fingerprint density at radius 1 is 0.923 bits per heavy atom. The average molecular weight is 633 g/mol. The number of alkyl halides is 6. The minimum atomic E-state index is -4.61. The molecule has 0 saturated carbocycles. The number of ether oxygens (including phenoxy) is 2. The Hall–Kier alpha value is -3.11. The third kappa shape index (κ3) is 9.25. The van der Waals surface area contributed by atoms with Gasteiger partial charge in [-0.3, -0.25) is 0 Å². The van der Waals surface area contributed by atoms with Gasteiger partial charge in [-0.25, -0.2) is 0 Å². The summed E-state index contributed by atoms with van der Waals surface area (Å²) in [6, 6.07) is 13.0. The summed E-state index contributed by atoms with van der Waals surface area (Å²) < 4.78 is 88.6. The number of carboxylic acids is 1. The molecule has 0 unspecified atom stereocenters. The zero-order chi connectivity index (χ0) is 28.8. The van der Waals surface area contributed by atoms with Gasteiger partial charge in [0.25, 0.3) is 0 Å². The van der Waals surface area contributed by atoms with Crippen molar-refractivity contribution in [2.24, 2.45) is 0 Å². The predicted octanol–water partition coefficient (Wildman–Crippen LogP) is 6.10. The molecular formula is C26H20AsF6O5S. The second-order valence-corrected chi connectivity index (χ2v) is 11.4. The van der Waals surface area contributed by atoms with Gasteiger partial charge in [-0.1, -0.05) is 0 Å². The fraction of sp³-hybridized carbons (Fsp3) is 0.231. The van der Waals surface area contributed by atoms with Crippen molar-refractivity contribution in [2.75, 3.05) is 12.9 Å². The molecule has 0 aliphatic heterocycles. The van der Waals surface area contributed by atoms with E-state index in [4.69, 9.17) is 14.6 Å². The van der Waals surface area contributed by atoms with Gasteiger partial charge in [-0.05, 0) is 0 Å². The van der Waals surface area contributed by atoms with Gasteiger partial charge in [0.05, 0.1) is 0 Å². The molecule has 3 aromatic rings. The van der Waals surface area contributed by atoms with Crippen molar-refractivity contribution < 1.29 is 50.5 Å². The molecule has 0 aliphatic rings. The maximum absolute atomic E-state index is 13.0. The van der Waals surface area contributed by atoms with Crippen LogP contribution < -0.4 is 13.8 Å². The summed E-state index contributed by atoms with van der Waals surface area (Å²) in [6.45, 7) is 0. The van der Waals surface area contributed by atoms with Crippen LogP contribution in [0.1, 0.15) is 27.0 Å². The van der Waals surface area contributed by atoms with Crippen molar-refractivity contribution in [1.82, 2.24) is 0 Å². The Kier molecular flexibility index (Phi) is 10.0. The van der Waals surface area contributed by atoms with E-state index in [9.17, 15) is 35.9 Å². The van der Waals surface area contributed by atoms with E-state index < -0.39 is 50.0 Å². The van der Waals surface area contributed by atoms with E-state index in [2.05, 4.69) is 0 Å². The third-order valence-corrected chi connectivity index (χ3v) is 8.18. The van der Waals surface area contributed by atoms with E-state index in [-0.39, 0.29) is 35.0 Å². The molecule has 0 amide bonds. The van der Waals surface area contributed by atoms with Crippen molar-refractivity contribution >= 4 is 42.4 Å². The summed E-state index contributed by atoms with van der Waals surface area (Å²) in [4.78, 5) is 23.9. The van der Waals surface area contributed by atoms with Crippen LogP contribution in [0.25, 0.3) is 0 Å². The summed E-state index contributed by atoms with van der Waals surface area (Å²) in [5.41, 5.74) is -0.348. The first-order valence-corrected chi connectivity index (χ1v) is 14.1. The van der Waals surface area contributed by atoms with Gasteiger partial charge in [0.1, 0.15) is 0 Å². The van der Waals surface area contributed by atoms with E-state index in [1.54, 1.807) is 0 Å². The van der Waals surface area contributed by atoms with Crippen LogP contribution in [0.2, 0.25) is 0 Å².